The van der Waals surface area contributed by atoms with Crippen LogP contribution >= 0.6 is 0 Å². The Labute approximate surface area is 184 Å². The van der Waals surface area contributed by atoms with Crippen LogP contribution in [0.15, 0.2) is 0 Å². The summed E-state index contributed by atoms with van der Waals surface area (Å²) in [5.41, 5.74) is 0.324. The lowest BCUT2D eigenvalue weighted by Crippen LogP contribution is -2.43. The quantitative estimate of drug-likeness (QED) is 0.280. The fourth-order valence-electron chi connectivity index (χ4n) is 4.20. The van der Waals surface area contributed by atoms with E-state index in [1.807, 2.05) is 14.2 Å². The Balaban J connectivity index is 5.37. The van der Waals surface area contributed by atoms with Crippen molar-refractivity contribution >= 4 is 8.56 Å². The summed E-state index contributed by atoms with van der Waals surface area (Å²) in [7, 11) is 8.27. The van der Waals surface area contributed by atoms with Crippen LogP contribution in [0.5, 0.6) is 0 Å². The molecule has 29 heavy (non-hydrogen) atoms. The van der Waals surface area contributed by atoms with Gasteiger partial charge in [-0.3, -0.25) is 0 Å². The van der Waals surface area contributed by atoms with Gasteiger partial charge in [0.15, 0.2) is 0 Å². The minimum absolute atomic E-state index is 0.324. The predicted octanol–water partition coefficient (Wildman–Crippen LogP) is 4.53. The van der Waals surface area contributed by atoms with Gasteiger partial charge < -0.3 is 23.6 Å². The van der Waals surface area contributed by atoms with Gasteiger partial charge in [-0.25, -0.2) is 0 Å². The van der Waals surface area contributed by atoms with Gasteiger partial charge in [-0.1, -0.05) is 20.8 Å². The SMILES string of the molecule is CCN(C)CCCC(CCCN(C)CC)(CCCN(C)CC)C[Si](C)(OC)OC. The molecule has 0 saturated heterocycles. The van der Waals surface area contributed by atoms with E-state index < -0.39 is 8.56 Å². The Bertz CT molecular complexity index is 354. The molecule has 0 heterocycles. The Hall–Kier alpha value is 0.0169. The average molecular weight is 432 g/mol. The first-order chi connectivity index (χ1) is 13.7. The van der Waals surface area contributed by atoms with E-state index in [-0.39, 0.29) is 0 Å². The van der Waals surface area contributed by atoms with Gasteiger partial charge in [0, 0.05) is 14.2 Å². The smallest absolute Gasteiger partial charge is 0.334 e. The molecule has 0 N–H and O–H groups in total. The molecule has 0 fully saturated rings. The zero-order valence-electron chi connectivity index (χ0n) is 21.4. The molecule has 0 aliphatic heterocycles. The van der Waals surface area contributed by atoms with E-state index in [0.29, 0.717) is 5.41 Å². The summed E-state index contributed by atoms with van der Waals surface area (Å²) >= 11 is 0. The summed E-state index contributed by atoms with van der Waals surface area (Å²) < 4.78 is 11.9. The molecule has 0 aliphatic carbocycles. The van der Waals surface area contributed by atoms with E-state index in [4.69, 9.17) is 8.85 Å². The lowest BCUT2D eigenvalue weighted by atomic mass is 9.76. The van der Waals surface area contributed by atoms with Gasteiger partial charge in [0.05, 0.1) is 0 Å². The van der Waals surface area contributed by atoms with Gasteiger partial charge in [0.25, 0.3) is 0 Å². The second kappa shape index (κ2) is 15.8. The molecule has 0 amide bonds. The van der Waals surface area contributed by atoms with Gasteiger partial charge in [-0.05, 0) is 117 Å². The van der Waals surface area contributed by atoms with E-state index in [2.05, 4.69) is 63.2 Å². The van der Waals surface area contributed by atoms with Crippen LogP contribution in [0.25, 0.3) is 0 Å². The highest BCUT2D eigenvalue weighted by molar-refractivity contribution is 6.66. The van der Waals surface area contributed by atoms with Crippen molar-refractivity contribution in [2.24, 2.45) is 5.41 Å². The van der Waals surface area contributed by atoms with Gasteiger partial charge in [0.1, 0.15) is 0 Å². The Morgan fingerprint density at radius 2 is 0.966 bits per heavy atom. The Kier molecular flexibility index (Phi) is 15.8. The molecule has 0 spiro atoms. The molecule has 0 saturated carbocycles. The molecule has 5 nitrogen and oxygen atoms in total. The highest BCUT2D eigenvalue weighted by Crippen LogP contribution is 2.43. The fraction of sp³-hybridized carbons (Fsp3) is 1.00. The molecule has 176 valence electrons. The van der Waals surface area contributed by atoms with Crippen LogP contribution in [0.2, 0.25) is 12.6 Å². The first-order valence-electron chi connectivity index (χ1n) is 11.9. The van der Waals surface area contributed by atoms with E-state index >= 15 is 0 Å². The topological polar surface area (TPSA) is 28.2 Å². The van der Waals surface area contributed by atoms with E-state index in [1.54, 1.807) is 0 Å². The maximum atomic E-state index is 5.97. The van der Waals surface area contributed by atoms with Crippen LogP contribution in [0.1, 0.15) is 59.3 Å². The lowest BCUT2D eigenvalue weighted by Gasteiger charge is -2.40. The van der Waals surface area contributed by atoms with Crippen molar-refractivity contribution in [2.45, 2.75) is 71.9 Å². The van der Waals surface area contributed by atoms with E-state index in [9.17, 15) is 0 Å². The van der Waals surface area contributed by atoms with Crippen molar-refractivity contribution < 1.29 is 8.85 Å². The van der Waals surface area contributed by atoms with Crippen LogP contribution < -0.4 is 0 Å². The number of hydrogen-bond acceptors (Lipinski definition) is 5. The zero-order valence-corrected chi connectivity index (χ0v) is 22.4. The highest BCUT2D eigenvalue weighted by Gasteiger charge is 2.41. The molecule has 6 heteroatoms. The van der Waals surface area contributed by atoms with Crippen molar-refractivity contribution in [2.75, 3.05) is 74.6 Å². The molecular weight excluding hydrogens is 378 g/mol. The summed E-state index contributed by atoms with van der Waals surface area (Å²) in [6, 6.07) is 1.11. The van der Waals surface area contributed by atoms with Crippen LogP contribution in [-0.2, 0) is 8.85 Å². The van der Waals surface area contributed by atoms with Crippen molar-refractivity contribution in [1.82, 2.24) is 14.7 Å². The van der Waals surface area contributed by atoms with Gasteiger partial charge in [-0.15, -0.1) is 0 Å². The first kappa shape index (κ1) is 29.0. The highest BCUT2D eigenvalue weighted by atomic mass is 28.4. The van der Waals surface area contributed by atoms with Crippen molar-refractivity contribution in [1.29, 1.82) is 0 Å². The molecule has 0 bridgehead atoms. The molecule has 0 aliphatic rings. The summed E-state index contributed by atoms with van der Waals surface area (Å²) in [5.74, 6) is 0. The summed E-state index contributed by atoms with van der Waals surface area (Å²) in [6.07, 6.45) is 7.61. The Morgan fingerprint density at radius 3 is 1.21 bits per heavy atom. The standard InChI is InChI=1S/C23H53N3O2Si/c1-10-24(4)19-13-16-23(17-14-20-25(5)11-2,18-15-21-26(6)12-3)22-29(9,27-7)28-8/h10-22H2,1-9H3. The molecule has 0 aromatic heterocycles. The predicted molar refractivity (Wildman–Crippen MR) is 130 cm³/mol. The zero-order chi connectivity index (χ0) is 22.3. The van der Waals surface area contributed by atoms with Crippen LogP contribution in [-0.4, -0.2) is 97.9 Å². The van der Waals surface area contributed by atoms with Gasteiger partial charge in [0.2, 0.25) is 0 Å². The third kappa shape index (κ3) is 12.5. The lowest BCUT2D eigenvalue weighted by molar-refractivity contribution is 0.161. The fourth-order valence-corrected chi connectivity index (χ4v) is 6.54. The molecule has 0 aromatic rings. The average Bonchev–Trinajstić information content (AvgIpc) is 2.72. The third-order valence-electron chi connectivity index (χ3n) is 6.92. The van der Waals surface area contributed by atoms with Crippen LogP contribution in [0, 0.1) is 5.41 Å². The van der Waals surface area contributed by atoms with Crippen LogP contribution in [0.3, 0.4) is 0 Å². The minimum Gasteiger partial charge on any atom is -0.398 e. The third-order valence-corrected chi connectivity index (χ3v) is 10.0. The van der Waals surface area contributed by atoms with E-state index in [0.717, 1.165) is 25.7 Å². The monoisotopic (exact) mass is 431 g/mol. The second-order valence-corrected chi connectivity index (χ2v) is 12.7. The Morgan fingerprint density at radius 1 is 0.655 bits per heavy atom. The molecule has 0 unspecified atom stereocenters. The molecule has 0 atom stereocenters. The maximum absolute atomic E-state index is 5.97. The molecule has 0 rings (SSSR count). The van der Waals surface area contributed by atoms with Crippen molar-refractivity contribution in [3.63, 3.8) is 0 Å². The molecular formula is C23H53N3O2Si. The van der Waals surface area contributed by atoms with Gasteiger partial charge in [-0.2, -0.15) is 0 Å². The van der Waals surface area contributed by atoms with Crippen molar-refractivity contribution in [3.05, 3.63) is 0 Å². The number of hydrogen-bond donors (Lipinski definition) is 0. The minimum atomic E-state index is -2.13. The molecule has 0 aromatic carbocycles. The normalized spacial score (nSPS) is 13.2. The number of rotatable bonds is 19. The second-order valence-electron chi connectivity index (χ2n) is 9.22. The van der Waals surface area contributed by atoms with Crippen LogP contribution in [0.4, 0.5) is 0 Å². The van der Waals surface area contributed by atoms with Gasteiger partial charge >= 0.3 is 8.56 Å². The van der Waals surface area contributed by atoms with E-state index in [1.165, 1.54) is 58.2 Å². The summed E-state index contributed by atoms with van der Waals surface area (Å²) in [5, 5.41) is 0. The molecule has 0 radical (unpaired) electrons. The first-order valence-corrected chi connectivity index (χ1v) is 14.4. The maximum Gasteiger partial charge on any atom is 0.334 e. The summed E-state index contributed by atoms with van der Waals surface area (Å²) in [6.45, 7) is 15.9. The van der Waals surface area contributed by atoms with Crippen molar-refractivity contribution in [3.8, 4) is 0 Å². The largest absolute Gasteiger partial charge is 0.398 e. The summed E-state index contributed by atoms with van der Waals surface area (Å²) in [4.78, 5) is 7.30. The number of nitrogens with zero attached hydrogens (tertiary/aromatic N) is 3.